The average Bonchev–Trinajstić information content (AvgIpc) is 2.59. The Balaban J connectivity index is 2.18. The molecule has 0 aliphatic rings. The van der Waals surface area contributed by atoms with E-state index in [0.29, 0.717) is 16.9 Å². The second kappa shape index (κ2) is 8.64. The number of carbonyl (C=O) groups excluding carboxylic acids is 1. The fourth-order valence-electron chi connectivity index (χ4n) is 2.49. The molecule has 150 valence electrons. The minimum absolute atomic E-state index is 0.0956. The molecule has 6 nitrogen and oxygen atoms in total. The van der Waals surface area contributed by atoms with Crippen LogP contribution in [0.1, 0.15) is 21.5 Å². The summed E-state index contributed by atoms with van der Waals surface area (Å²) in [6.07, 6.45) is -4.50. The number of anilines is 1. The Hall–Kier alpha value is -3.23. The van der Waals surface area contributed by atoms with Gasteiger partial charge in [0.05, 0.1) is 5.69 Å². The minimum Gasteiger partial charge on any atom is -0.482 e. The number of nitrogens with one attached hydrogen (secondary N) is 1. The number of carboxylic acids is 1. The van der Waals surface area contributed by atoms with Crippen molar-refractivity contribution in [3.05, 3.63) is 53.1 Å². The number of carboxylic acid groups (broad SMARTS) is 1. The van der Waals surface area contributed by atoms with Crippen LogP contribution in [0.5, 0.6) is 11.5 Å². The molecule has 0 saturated carbocycles. The van der Waals surface area contributed by atoms with E-state index < -0.39 is 31.3 Å². The number of rotatable bonds is 7. The van der Waals surface area contributed by atoms with Crippen LogP contribution in [0, 0.1) is 13.8 Å². The van der Waals surface area contributed by atoms with Crippen LogP contribution >= 0.6 is 0 Å². The normalized spacial score (nSPS) is 11.0. The van der Waals surface area contributed by atoms with E-state index in [0.717, 1.165) is 0 Å². The highest BCUT2D eigenvalue weighted by molar-refractivity contribution is 6.05. The number of alkyl halides is 3. The predicted molar refractivity (Wildman–Crippen MR) is 95.0 cm³/mol. The molecule has 2 aromatic rings. The maximum absolute atomic E-state index is 12.5. The van der Waals surface area contributed by atoms with Crippen LogP contribution < -0.4 is 14.8 Å². The number of hydrogen-bond acceptors (Lipinski definition) is 4. The Morgan fingerprint density at radius 2 is 1.68 bits per heavy atom. The number of aliphatic carboxylic acids is 1. The van der Waals surface area contributed by atoms with E-state index in [1.807, 2.05) is 0 Å². The lowest BCUT2D eigenvalue weighted by Crippen LogP contribution is -2.20. The third-order valence-corrected chi connectivity index (χ3v) is 3.59. The first-order valence-electron chi connectivity index (χ1n) is 8.12. The summed E-state index contributed by atoms with van der Waals surface area (Å²) < 4.78 is 47.1. The molecule has 9 heteroatoms. The standard InChI is InChI=1S/C19H18F3NO5/c1-11-7-13(8-12(2)17(11)27-9-16(24)25)18(26)23-14-5-3-4-6-15(14)28-10-19(20,21)22/h3-8H,9-10H2,1-2H3,(H,23,26)(H,24,25). The van der Waals surface area contributed by atoms with Crippen molar-refractivity contribution >= 4 is 17.6 Å². The first-order valence-corrected chi connectivity index (χ1v) is 8.12. The van der Waals surface area contributed by atoms with E-state index in [1.54, 1.807) is 19.9 Å². The van der Waals surface area contributed by atoms with Crippen molar-refractivity contribution in [2.75, 3.05) is 18.5 Å². The van der Waals surface area contributed by atoms with Gasteiger partial charge in [0, 0.05) is 5.56 Å². The summed E-state index contributed by atoms with van der Waals surface area (Å²) in [5.41, 5.74) is 1.43. The molecule has 28 heavy (non-hydrogen) atoms. The summed E-state index contributed by atoms with van der Waals surface area (Å²) in [5.74, 6) is -1.44. The lowest BCUT2D eigenvalue weighted by Gasteiger charge is -2.15. The van der Waals surface area contributed by atoms with Crippen molar-refractivity contribution in [3.8, 4) is 11.5 Å². The number of carbonyl (C=O) groups is 2. The van der Waals surface area contributed by atoms with Gasteiger partial charge in [-0.15, -0.1) is 0 Å². The maximum atomic E-state index is 12.5. The first kappa shape index (κ1) is 21.1. The average molecular weight is 397 g/mol. The highest BCUT2D eigenvalue weighted by Gasteiger charge is 2.29. The number of hydrogen-bond donors (Lipinski definition) is 2. The molecule has 2 aromatic carbocycles. The smallest absolute Gasteiger partial charge is 0.422 e. The molecular formula is C19H18F3NO5. The Morgan fingerprint density at radius 1 is 1.07 bits per heavy atom. The summed E-state index contributed by atoms with van der Waals surface area (Å²) in [7, 11) is 0. The van der Waals surface area contributed by atoms with Crippen molar-refractivity contribution in [3.63, 3.8) is 0 Å². The minimum atomic E-state index is -4.50. The SMILES string of the molecule is Cc1cc(C(=O)Nc2ccccc2OCC(F)(F)F)cc(C)c1OCC(=O)O. The van der Waals surface area contributed by atoms with Gasteiger partial charge < -0.3 is 19.9 Å². The van der Waals surface area contributed by atoms with Crippen molar-refractivity contribution in [2.45, 2.75) is 20.0 Å². The van der Waals surface area contributed by atoms with Crippen LogP contribution in [0.2, 0.25) is 0 Å². The van der Waals surface area contributed by atoms with Gasteiger partial charge in [-0.2, -0.15) is 13.2 Å². The third-order valence-electron chi connectivity index (χ3n) is 3.59. The molecule has 0 saturated heterocycles. The van der Waals surface area contributed by atoms with E-state index >= 15 is 0 Å². The zero-order valence-electron chi connectivity index (χ0n) is 15.1. The monoisotopic (exact) mass is 397 g/mol. The summed E-state index contributed by atoms with van der Waals surface area (Å²) in [5, 5.41) is 11.2. The molecule has 2 N–H and O–H groups in total. The summed E-state index contributed by atoms with van der Waals surface area (Å²) >= 11 is 0. The molecule has 0 radical (unpaired) electrons. The molecule has 0 fully saturated rings. The Bertz CT molecular complexity index is 857. The van der Waals surface area contributed by atoms with Gasteiger partial charge in [-0.25, -0.2) is 4.79 Å². The Kier molecular flexibility index (Phi) is 6.50. The van der Waals surface area contributed by atoms with Gasteiger partial charge in [0.25, 0.3) is 5.91 Å². The van der Waals surface area contributed by atoms with Gasteiger partial charge >= 0.3 is 12.1 Å². The van der Waals surface area contributed by atoms with Gasteiger partial charge in [0.15, 0.2) is 13.2 Å². The predicted octanol–water partition coefficient (Wildman–Crippen LogP) is 3.96. The highest BCUT2D eigenvalue weighted by Crippen LogP contribution is 2.28. The van der Waals surface area contributed by atoms with Gasteiger partial charge in [-0.05, 0) is 49.2 Å². The van der Waals surface area contributed by atoms with E-state index in [4.69, 9.17) is 14.6 Å². The van der Waals surface area contributed by atoms with Crippen molar-refractivity contribution in [1.82, 2.24) is 0 Å². The van der Waals surface area contributed by atoms with Gasteiger partial charge in [0.2, 0.25) is 0 Å². The topological polar surface area (TPSA) is 84.9 Å². The molecule has 0 atom stereocenters. The first-order chi connectivity index (χ1) is 13.1. The molecular weight excluding hydrogens is 379 g/mol. The van der Waals surface area contributed by atoms with E-state index in [1.165, 1.54) is 30.3 Å². The fraction of sp³-hybridized carbons (Fsp3) is 0.263. The van der Waals surface area contributed by atoms with Gasteiger partial charge in [-0.1, -0.05) is 12.1 Å². The number of aryl methyl sites for hydroxylation is 2. The van der Waals surface area contributed by atoms with Crippen molar-refractivity contribution in [1.29, 1.82) is 0 Å². The molecule has 0 aromatic heterocycles. The van der Waals surface area contributed by atoms with Crippen LogP contribution in [0.25, 0.3) is 0 Å². The zero-order chi connectivity index (χ0) is 20.9. The molecule has 0 unspecified atom stereocenters. The molecule has 0 aliphatic heterocycles. The summed E-state index contributed by atoms with van der Waals surface area (Å²) in [4.78, 5) is 23.2. The molecule has 2 rings (SSSR count). The van der Waals surface area contributed by atoms with Crippen molar-refractivity contribution < 1.29 is 37.3 Å². The van der Waals surface area contributed by atoms with Crippen LogP contribution in [0.4, 0.5) is 18.9 Å². The van der Waals surface area contributed by atoms with Crippen molar-refractivity contribution in [2.24, 2.45) is 0 Å². The largest absolute Gasteiger partial charge is 0.482 e. The van der Waals surface area contributed by atoms with Crippen LogP contribution in [-0.4, -0.2) is 36.4 Å². The summed E-state index contributed by atoms with van der Waals surface area (Å²) in [6.45, 7) is 1.31. The highest BCUT2D eigenvalue weighted by atomic mass is 19.4. The van der Waals surface area contributed by atoms with E-state index in [2.05, 4.69) is 5.32 Å². The Morgan fingerprint density at radius 3 is 2.25 bits per heavy atom. The zero-order valence-corrected chi connectivity index (χ0v) is 15.1. The number of ether oxygens (including phenoxy) is 2. The second-order valence-electron chi connectivity index (χ2n) is 5.98. The Labute approximate surface area is 158 Å². The van der Waals surface area contributed by atoms with Gasteiger partial charge in [-0.3, -0.25) is 4.79 Å². The lowest BCUT2D eigenvalue weighted by molar-refractivity contribution is -0.153. The van der Waals surface area contributed by atoms with Crippen LogP contribution in [-0.2, 0) is 4.79 Å². The van der Waals surface area contributed by atoms with Crippen LogP contribution in [0.3, 0.4) is 0 Å². The van der Waals surface area contributed by atoms with Crippen LogP contribution in [0.15, 0.2) is 36.4 Å². The number of para-hydroxylation sites is 2. The maximum Gasteiger partial charge on any atom is 0.422 e. The van der Waals surface area contributed by atoms with E-state index in [-0.39, 0.29) is 17.0 Å². The number of benzene rings is 2. The van der Waals surface area contributed by atoms with E-state index in [9.17, 15) is 22.8 Å². The van der Waals surface area contributed by atoms with Gasteiger partial charge in [0.1, 0.15) is 11.5 Å². The number of halogens is 3. The third kappa shape index (κ3) is 5.90. The summed E-state index contributed by atoms with van der Waals surface area (Å²) in [6, 6.07) is 8.78. The quantitative estimate of drug-likeness (QED) is 0.739. The number of amides is 1. The molecule has 1 amide bonds. The molecule has 0 bridgehead atoms. The molecule has 0 heterocycles. The lowest BCUT2D eigenvalue weighted by atomic mass is 10.0. The molecule has 0 aliphatic carbocycles. The fourth-order valence-corrected chi connectivity index (χ4v) is 2.49. The second-order valence-corrected chi connectivity index (χ2v) is 5.98. The molecule has 0 spiro atoms.